The van der Waals surface area contributed by atoms with Crippen LogP contribution in [0.25, 0.3) is 0 Å². The number of carbonyl (C=O) groups excluding carboxylic acids is 1. The highest BCUT2D eigenvalue weighted by Crippen LogP contribution is 2.37. The number of nitro benzene ring substituents is 1. The first kappa shape index (κ1) is 19.7. The van der Waals surface area contributed by atoms with Gasteiger partial charge in [0.15, 0.2) is 0 Å². The van der Waals surface area contributed by atoms with Gasteiger partial charge in [0.1, 0.15) is 6.29 Å². The average molecular weight is 398 g/mol. The smallest absolute Gasteiger partial charge is 0.269 e. The van der Waals surface area contributed by atoms with Crippen molar-refractivity contribution in [1.29, 1.82) is 0 Å². The second kappa shape index (κ2) is 7.49. The molecule has 8 heteroatoms. The number of hydrogen-bond acceptors (Lipinski definition) is 5. The Hall–Kier alpha value is -3.10. The lowest BCUT2D eigenvalue weighted by atomic mass is 9.94. The molecule has 1 heterocycles. The number of carbonyl (C=O) groups is 1. The van der Waals surface area contributed by atoms with Gasteiger partial charge in [0.25, 0.3) is 5.69 Å². The van der Waals surface area contributed by atoms with Gasteiger partial charge >= 0.3 is 0 Å². The summed E-state index contributed by atoms with van der Waals surface area (Å²) in [7, 11) is -3.94. The van der Waals surface area contributed by atoms with E-state index in [2.05, 4.69) is 6.58 Å². The quantitative estimate of drug-likeness (QED) is 0.437. The third-order valence-corrected chi connectivity index (χ3v) is 6.37. The highest BCUT2D eigenvalue weighted by atomic mass is 32.2. The van der Waals surface area contributed by atoms with Gasteiger partial charge in [-0.05, 0) is 36.3 Å². The molecule has 0 saturated heterocycles. The molecule has 0 bridgehead atoms. The number of rotatable bonds is 5. The first-order chi connectivity index (χ1) is 13.2. The minimum Gasteiger partial charge on any atom is -0.298 e. The third-order valence-electron chi connectivity index (χ3n) is 4.55. The first-order valence-electron chi connectivity index (χ1n) is 8.41. The Morgan fingerprint density at radius 3 is 2.29 bits per heavy atom. The monoisotopic (exact) mass is 398 g/mol. The minimum absolute atomic E-state index is 0.0952. The van der Waals surface area contributed by atoms with Crippen LogP contribution < -0.4 is 0 Å². The van der Waals surface area contributed by atoms with E-state index in [1.165, 1.54) is 40.7 Å². The van der Waals surface area contributed by atoms with Crippen LogP contribution in [0.1, 0.15) is 17.2 Å². The number of aryl methyl sites for hydroxylation is 1. The number of benzene rings is 2. The van der Waals surface area contributed by atoms with Crippen LogP contribution in [0.3, 0.4) is 0 Å². The topological polar surface area (TPSA) is 97.6 Å². The molecule has 144 valence electrons. The van der Waals surface area contributed by atoms with E-state index >= 15 is 0 Å². The Morgan fingerprint density at radius 1 is 1.14 bits per heavy atom. The van der Waals surface area contributed by atoms with E-state index in [1.54, 1.807) is 18.2 Å². The molecule has 3 rings (SSSR count). The molecule has 0 fully saturated rings. The minimum atomic E-state index is -3.94. The molecule has 2 aromatic carbocycles. The molecule has 0 N–H and O–H groups in total. The lowest BCUT2D eigenvalue weighted by molar-refractivity contribution is -0.384. The zero-order valence-electron chi connectivity index (χ0n) is 15.1. The lowest BCUT2D eigenvalue weighted by Gasteiger charge is -2.35. The van der Waals surface area contributed by atoms with Crippen molar-refractivity contribution in [2.24, 2.45) is 0 Å². The molecule has 2 aromatic rings. The Morgan fingerprint density at radius 2 is 1.75 bits per heavy atom. The highest BCUT2D eigenvalue weighted by Gasteiger charge is 2.37. The van der Waals surface area contributed by atoms with Crippen molar-refractivity contribution in [3.63, 3.8) is 0 Å². The van der Waals surface area contributed by atoms with Gasteiger partial charge in [-0.2, -0.15) is 4.31 Å². The van der Waals surface area contributed by atoms with Crippen molar-refractivity contribution < 1.29 is 18.1 Å². The van der Waals surface area contributed by atoms with Gasteiger partial charge in [0.05, 0.1) is 15.9 Å². The highest BCUT2D eigenvalue weighted by molar-refractivity contribution is 7.89. The fourth-order valence-electron chi connectivity index (χ4n) is 3.12. The second-order valence-corrected chi connectivity index (χ2v) is 8.42. The standard InChI is InChI=1S/C20H18N2O5S/c1-14-3-9-19(10-4-14)28(26,27)21-12-16(13-23)11-15(2)20(21)17-5-7-18(8-6-17)22(24)25/h3-11,13,20H,2,12H2,1H3/t20-/m0/s1. The zero-order valence-corrected chi connectivity index (χ0v) is 15.9. The number of sulfonamides is 1. The molecular weight excluding hydrogens is 380 g/mol. The van der Waals surface area contributed by atoms with Gasteiger partial charge in [0, 0.05) is 24.3 Å². The van der Waals surface area contributed by atoms with Crippen LogP contribution in [0.2, 0.25) is 0 Å². The molecule has 7 nitrogen and oxygen atoms in total. The van der Waals surface area contributed by atoms with Crippen molar-refractivity contribution >= 4 is 22.0 Å². The molecule has 0 saturated carbocycles. The molecule has 28 heavy (non-hydrogen) atoms. The van der Waals surface area contributed by atoms with Gasteiger partial charge in [-0.25, -0.2) is 8.42 Å². The molecule has 1 atom stereocenters. The third kappa shape index (κ3) is 3.64. The molecule has 0 amide bonds. The predicted octanol–water partition coefficient (Wildman–Crippen LogP) is 3.33. The van der Waals surface area contributed by atoms with Crippen LogP contribution in [-0.2, 0) is 14.8 Å². The van der Waals surface area contributed by atoms with Crippen LogP contribution in [0.4, 0.5) is 5.69 Å². The Kier molecular flexibility index (Phi) is 5.26. The van der Waals surface area contributed by atoms with Crippen LogP contribution in [0, 0.1) is 17.0 Å². The Balaban J connectivity index is 2.10. The molecule has 1 aliphatic heterocycles. The number of nitrogens with zero attached hydrogens (tertiary/aromatic N) is 2. The van der Waals surface area contributed by atoms with E-state index in [4.69, 9.17) is 0 Å². The second-order valence-electron chi connectivity index (χ2n) is 6.53. The maximum absolute atomic E-state index is 13.3. The summed E-state index contributed by atoms with van der Waals surface area (Å²) in [5.74, 6) is 0. The molecule has 0 aliphatic carbocycles. The molecule has 0 unspecified atom stereocenters. The normalized spacial score (nSPS) is 17.8. The van der Waals surface area contributed by atoms with Gasteiger partial charge in [0.2, 0.25) is 10.0 Å². The summed E-state index contributed by atoms with van der Waals surface area (Å²) >= 11 is 0. The average Bonchev–Trinajstić information content (AvgIpc) is 2.67. The van der Waals surface area contributed by atoms with Gasteiger partial charge in [-0.1, -0.05) is 36.4 Å². The summed E-state index contributed by atoms with van der Waals surface area (Å²) in [5.41, 5.74) is 2.06. The van der Waals surface area contributed by atoms with E-state index in [-0.39, 0.29) is 17.1 Å². The van der Waals surface area contributed by atoms with Crippen LogP contribution in [0.5, 0.6) is 0 Å². The molecule has 0 spiro atoms. The maximum Gasteiger partial charge on any atom is 0.269 e. The summed E-state index contributed by atoms with van der Waals surface area (Å²) < 4.78 is 27.8. The first-order valence-corrected chi connectivity index (χ1v) is 9.85. The summed E-state index contributed by atoms with van der Waals surface area (Å²) in [6.07, 6.45) is 2.16. The van der Waals surface area contributed by atoms with E-state index in [0.717, 1.165) is 5.56 Å². The molecular formula is C20H18N2O5S. The fourth-order valence-corrected chi connectivity index (χ4v) is 4.72. The summed E-state index contributed by atoms with van der Waals surface area (Å²) in [6.45, 7) is 5.67. The number of hydrogen-bond donors (Lipinski definition) is 0. The van der Waals surface area contributed by atoms with Crippen LogP contribution >= 0.6 is 0 Å². The van der Waals surface area contributed by atoms with Gasteiger partial charge < -0.3 is 0 Å². The van der Waals surface area contributed by atoms with E-state index in [1.807, 2.05) is 6.92 Å². The zero-order chi connectivity index (χ0) is 20.5. The van der Waals surface area contributed by atoms with E-state index in [9.17, 15) is 23.3 Å². The molecule has 1 aliphatic rings. The maximum atomic E-state index is 13.3. The largest absolute Gasteiger partial charge is 0.298 e. The van der Waals surface area contributed by atoms with Crippen molar-refractivity contribution in [3.8, 4) is 0 Å². The van der Waals surface area contributed by atoms with Crippen molar-refractivity contribution in [2.45, 2.75) is 17.9 Å². The van der Waals surface area contributed by atoms with Crippen LogP contribution in [0.15, 0.2) is 77.2 Å². The Bertz CT molecular complexity index is 1070. The summed E-state index contributed by atoms with van der Waals surface area (Å²) in [4.78, 5) is 21.8. The number of nitro groups is 1. The molecule has 0 aromatic heterocycles. The van der Waals surface area contributed by atoms with E-state index < -0.39 is 21.0 Å². The predicted molar refractivity (Wildman–Crippen MR) is 104 cm³/mol. The van der Waals surface area contributed by atoms with Crippen molar-refractivity contribution in [1.82, 2.24) is 4.31 Å². The van der Waals surface area contributed by atoms with Crippen molar-refractivity contribution in [2.75, 3.05) is 6.54 Å². The van der Waals surface area contributed by atoms with Crippen molar-refractivity contribution in [3.05, 3.63) is 93.6 Å². The Labute approximate surface area is 162 Å². The number of aldehydes is 1. The van der Waals surface area contributed by atoms with Gasteiger partial charge in [-0.3, -0.25) is 14.9 Å². The molecule has 0 radical (unpaired) electrons. The summed E-state index contributed by atoms with van der Waals surface area (Å²) in [5, 5.41) is 10.9. The van der Waals surface area contributed by atoms with Crippen LogP contribution in [-0.4, -0.2) is 30.5 Å². The summed E-state index contributed by atoms with van der Waals surface area (Å²) in [6, 6.07) is 11.3. The SMILES string of the molecule is C=C1C=C(C=O)CN(S(=O)(=O)c2ccc(C)cc2)[C@@H]1c1ccc([N+](=O)[O-])cc1. The number of non-ortho nitro benzene ring substituents is 1. The lowest BCUT2D eigenvalue weighted by Crippen LogP contribution is -2.39. The van der Waals surface area contributed by atoms with E-state index in [0.29, 0.717) is 23.0 Å². The van der Waals surface area contributed by atoms with Gasteiger partial charge in [-0.15, -0.1) is 0 Å². The fraction of sp³-hybridized carbons (Fsp3) is 0.150.